The van der Waals surface area contributed by atoms with Gasteiger partial charge in [-0.25, -0.2) is 4.98 Å². The maximum Gasteiger partial charge on any atom is 0.124 e. The number of para-hydroxylation sites is 1. The van der Waals surface area contributed by atoms with Crippen molar-refractivity contribution in [2.75, 3.05) is 0 Å². The Bertz CT molecular complexity index is 2730. The standard InChI is InChI=1S/C46H31N3S/c1-46(2)37-14-6-5-11-31(37)34-25-35-36(26-38(34)46)44(30-22-23-40(48-27-30)39-15-9-10-24-47-39)33-13-4-3-12-32(33)43(35)28-18-20-29(21-19-28)45-49-41-16-7-8-17-42(41)50-45/h3-27H,1-2H3. The SMILES string of the molecule is CC1(C)c2ccccc2-c2cc3c(-c4ccc(-c5nc6ccccc6s5)cc4)c4ccccc4c(-c4ccc(-c5ccccn5)nc4)c3cc21. The van der Waals surface area contributed by atoms with Gasteiger partial charge in [-0.1, -0.05) is 111 Å². The molecule has 0 radical (unpaired) electrons. The fraction of sp³-hybridized carbons (Fsp3) is 0.0652. The van der Waals surface area contributed by atoms with Gasteiger partial charge in [-0.05, 0) is 103 Å². The van der Waals surface area contributed by atoms with Crippen LogP contribution in [0.3, 0.4) is 0 Å². The van der Waals surface area contributed by atoms with Crippen LogP contribution in [0.5, 0.6) is 0 Å². The minimum absolute atomic E-state index is 0.122. The van der Waals surface area contributed by atoms with Gasteiger partial charge in [0.1, 0.15) is 5.01 Å². The number of benzene rings is 6. The molecule has 0 spiro atoms. The number of nitrogens with zero attached hydrogens (tertiary/aromatic N) is 3. The van der Waals surface area contributed by atoms with Crippen molar-refractivity contribution in [3.63, 3.8) is 0 Å². The zero-order valence-electron chi connectivity index (χ0n) is 27.7. The first-order valence-electron chi connectivity index (χ1n) is 17.0. The summed E-state index contributed by atoms with van der Waals surface area (Å²) >= 11 is 1.74. The molecule has 10 rings (SSSR count). The Hall–Kier alpha value is -5.97. The van der Waals surface area contributed by atoms with Gasteiger partial charge in [0.25, 0.3) is 0 Å². The lowest BCUT2D eigenvalue weighted by Gasteiger charge is -2.23. The van der Waals surface area contributed by atoms with Crippen LogP contribution in [0.2, 0.25) is 0 Å². The van der Waals surface area contributed by atoms with E-state index < -0.39 is 0 Å². The average molecular weight is 658 g/mol. The first-order valence-corrected chi connectivity index (χ1v) is 17.8. The highest BCUT2D eigenvalue weighted by atomic mass is 32.1. The van der Waals surface area contributed by atoms with Crippen LogP contribution in [0, 0.1) is 0 Å². The van der Waals surface area contributed by atoms with Crippen molar-refractivity contribution in [1.29, 1.82) is 0 Å². The molecule has 0 amide bonds. The molecule has 6 aromatic carbocycles. The van der Waals surface area contributed by atoms with Crippen LogP contribution in [-0.4, -0.2) is 15.0 Å². The molecule has 0 N–H and O–H groups in total. The molecular weight excluding hydrogens is 627 g/mol. The van der Waals surface area contributed by atoms with Crippen LogP contribution < -0.4 is 0 Å². The summed E-state index contributed by atoms with van der Waals surface area (Å²) in [5.74, 6) is 0. The summed E-state index contributed by atoms with van der Waals surface area (Å²) in [5.41, 5.74) is 13.9. The first kappa shape index (κ1) is 29.0. The van der Waals surface area contributed by atoms with E-state index in [9.17, 15) is 0 Å². The van der Waals surface area contributed by atoms with E-state index in [1.54, 1.807) is 11.3 Å². The average Bonchev–Trinajstić information content (AvgIpc) is 3.70. The fourth-order valence-electron chi connectivity index (χ4n) is 7.98. The largest absolute Gasteiger partial charge is 0.255 e. The molecular formula is C46H31N3S. The number of rotatable bonds is 4. The third-order valence-electron chi connectivity index (χ3n) is 10.4. The molecule has 3 aromatic heterocycles. The van der Waals surface area contributed by atoms with Crippen molar-refractivity contribution in [3.8, 4) is 55.3 Å². The summed E-state index contributed by atoms with van der Waals surface area (Å²) in [6.45, 7) is 4.71. The van der Waals surface area contributed by atoms with Crippen LogP contribution in [-0.2, 0) is 5.41 Å². The van der Waals surface area contributed by atoms with Gasteiger partial charge in [0, 0.05) is 28.9 Å². The second-order valence-corrected chi connectivity index (χ2v) is 14.7. The Kier molecular flexibility index (Phi) is 6.39. The zero-order chi connectivity index (χ0) is 33.4. The Balaban J connectivity index is 1.24. The van der Waals surface area contributed by atoms with Crippen molar-refractivity contribution >= 4 is 43.1 Å². The maximum absolute atomic E-state index is 4.94. The molecule has 9 aromatic rings. The third kappa shape index (κ3) is 4.38. The van der Waals surface area contributed by atoms with Gasteiger partial charge < -0.3 is 0 Å². The van der Waals surface area contributed by atoms with E-state index in [2.05, 4.69) is 140 Å². The van der Waals surface area contributed by atoms with Gasteiger partial charge in [-0.3, -0.25) is 9.97 Å². The van der Waals surface area contributed by atoms with Crippen molar-refractivity contribution < 1.29 is 0 Å². The number of hydrogen-bond acceptors (Lipinski definition) is 4. The van der Waals surface area contributed by atoms with Crippen molar-refractivity contribution in [2.45, 2.75) is 19.3 Å². The van der Waals surface area contributed by atoms with Crippen molar-refractivity contribution in [1.82, 2.24) is 15.0 Å². The smallest absolute Gasteiger partial charge is 0.124 e. The van der Waals surface area contributed by atoms with Gasteiger partial charge in [-0.15, -0.1) is 11.3 Å². The van der Waals surface area contributed by atoms with E-state index >= 15 is 0 Å². The van der Waals surface area contributed by atoms with Crippen LogP contribution in [0.25, 0.3) is 87.1 Å². The highest BCUT2D eigenvalue weighted by Gasteiger charge is 2.36. The molecule has 0 saturated heterocycles. The van der Waals surface area contributed by atoms with E-state index in [4.69, 9.17) is 9.97 Å². The molecule has 1 aliphatic carbocycles. The van der Waals surface area contributed by atoms with Gasteiger partial charge in [0.05, 0.1) is 21.6 Å². The predicted octanol–water partition coefficient (Wildman–Crippen LogP) is 12.4. The molecule has 0 fully saturated rings. The Labute approximate surface area is 294 Å². The summed E-state index contributed by atoms with van der Waals surface area (Å²) in [5, 5.41) is 5.96. The summed E-state index contributed by atoms with van der Waals surface area (Å²) in [4.78, 5) is 14.4. The van der Waals surface area contributed by atoms with Gasteiger partial charge in [0.15, 0.2) is 0 Å². The molecule has 0 atom stereocenters. The molecule has 1 aliphatic rings. The fourth-order valence-corrected chi connectivity index (χ4v) is 8.95. The van der Waals surface area contributed by atoms with Gasteiger partial charge >= 0.3 is 0 Å². The quantitative estimate of drug-likeness (QED) is 0.177. The number of pyridine rings is 2. The molecule has 3 nitrogen and oxygen atoms in total. The molecule has 50 heavy (non-hydrogen) atoms. The van der Waals surface area contributed by atoms with E-state index in [0.29, 0.717) is 0 Å². The lowest BCUT2D eigenvalue weighted by atomic mass is 9.79. The lowest BCUT2D eigenvalue weighted by molar-refractivity contribution is 0.661. The van der Waals surface area contributed by atoms with E-state index in [0.717, 1.165) is 33.0 Å². The van der Waals surface area contributed by atoms with E-state index in [-0.39, 0.29) is 5.41 Å². The molecule has 0 saturated carbocycles. The Morgan fingerprint density at radius 2 is 1.16 bits per heavy atom. The second kappa shape index (κ2) is 11.0. The van der Waals surface area contributed by atoms with Gasteiger partial charge in [0.2, 0.25) is 0 Å². The molecule has 4 heteroatoms. The highest BCUT2D eigenvalue weighted by molar-refractivity contribution is 7.21. The summed E-state index contributed by atoms with van der Waals surface area (Å²) in [6.07, 6.45) is 3.83. The number of hydrogen-bond donors (Lipinski definition) is 0. The predicted molar refractivity (Wildman–Crippen MR) is 210 cm³/mol. The summed E-state index contributed by atoms with van der Waals surface area (Å²) in [7, 11) is 0. The topological polar surface area (TPSA) is 38.7 Å². The minimum Gasteiger partial charge on any atom is -0.255 e. The molecule has 0 unspecified atom stereocenters. The number of thiazole rings is 1. The number of fused-ring (bicyclic) bond motifs is 6. The van der Waals surface area contributed by atoms with Crippen LogP contribution in [0.1, 0.15) is 25.0 Å². The lowest BCUT2D eigenvalue weighted by Crippen LogP contribution is -2.14. The molecule has 0 bridgehead atoms. The molecule has 236 valence electrons. The Morgan fingerprint density at radius 3 is 1.92 bits per heavy atom. The van der Waals surface area contributed by atoms with Crippen LogP contribution >= 0.6 is 11.3 Å². The number of aromatic nitrogens is 3. The van der Waals surface area contributed by atoms with E-state index in [1.165, 1.54) is 65.2 Å². The van der Waals surface area contributed by atoms with Gasteiger partial charge in [-0.2, -0.15) is 0 Å². The Morgan fingerprint density at radius 1 is 0.500 bits per heavy atom. The van der Waals surface area contributed by atoms with Crippen molar-refractivity contribution in [2.24, 2.45) is 0 Å². The monoisotopic (exact) mass is 657 g/mol. The molecule has 0 aliphatic heterocycles. The first-order chi connectivity index (χ1) is 24.5. The normalized spacial score (nSPS) is 13.2. The maximum atomic E-state index is 4.94. The summed E-state index contributed by atoms with van der Waals surface area (Å²) < 4.78 is 1.21. The molecule has 3 heterocycles. The second-order valence-electron chi connectivity index (χ2n) is 13.6. The highest BCUT2D eigenvalue weighted by Crippen LogP contribution is 2.53. The summed E-state index contributed by atoms with van der Waals surface area (Å²) in [6, 6.07) is 50.3. The van der Waals surface area contributed by atoms with Crippen molar-refractivity contribution in [3.05, 3.63) is 163 Å². The zero-order valence-corrected chi connectivity index (χ0v) is 28.5. The minimum atomic E-state index is -0.122. The van der Waals surface area contributed by atoms with E-state index in [1.807, 2.05) is 30.6 Å². The van der Waals surface area contributed by atoms with Crippen LogP contribution in [0.4, 0.5) is 0 Å². The van der Waals surface area contributed by atoms with Crippen LogP contribution in [0.15, 0.2) is 152 Å². The third-order valence-corrected chi connectivity index (χ3v) is 11.5.